The Hall–Kier alpha value is -2.10. The number of likely N-dealkylation sites (tertiary alicyclic amines) is 1. The average Bonchev–Trinajstić information content (AvgIpc) is 3.41. The first-order chi connectivity index (χ1) is 15.1. The van der Waals surface area contributed by atoms with Crippen molar-refractivity contribution in [2.75, 3.05) is 13.1 Å². The maximum absolute atomic E-state index is 11.8. The SMILES string of the molecule is CCNC(=NCc1ccc(CN2CCCC2=O)cc1)NCc1cc(C(CC)CC)no1.I. The van der Waals surface area contributed by atoms with Gasteiger partial charge in [0.15, 0.2) is 11.7 Å². The Morgan fingerprint density at radius 2 is 1.88 bits per heavy atom. The van der Waals surface area contributed by atoms with Crippen molar-refractivity contribution in [3.63, 3.8) is 0 Å². The number of hydrogen-bond donors (Lipinski definition) is 2. The van der Waals surface area contributed by atoms with E-state index in [-0.39, 0.29) is 29.9 Å². The van der Waals surface area contributed by atoms with Crippen LogP contribution in [0.15, 0.2) is 39.8 Å². The second kappa shape index (κ2) is 13.4. The summed E-state index contributed by atoms with van der Waals surface area (Å²) in [5.74, 6) is 2.27. The van der Waals surface area contributed by atoms with Crippen LogP contribution in [0.1, 0.15) is 75.0 Å². The van der Waals surface area contributed by atoms with Gasteiger partial charge in [0.25, 0.3) is 0 Å². The molecule has 3 rings (SSSR count). The zero-order chi connectivity index (χ0) is 22.1. The van der Waals surface area contributed by atoms with Crippen LogP contribution < -0.4 is 10.6 Å². The summed E-state index contributed by atoms with van der Waals surface area (Å²) in [6, 6.07) is 10.4. The summed E-state index contributed by atoms with van der Waals surface area (Å²) in [6.07, 6.45) is 3.78. The molecule has 1 aliphatic heterocycles. The van der Waals surface area contributed by atoms with Gasteiger partial charge in [-0.25, -0.2) is 4.99 Å². The normalized spacial score (nSPS) is 14.1. The van der Waals surface area contributed by atoms with Crippen molar-refractivity contribution in [3.8, 4) is 0 Å². The minimum atomic E-state index is 0. The van der Waals surface area contributed by atoms with Crippen LogP contribution in [0.5, 0.6) is 0 Å². The number of nitrogens with zero attached hydrogens (tertiary/aromatic N) is 3. The molecule has 7 nitrogen and oxygen atoms in total. The molecule has 1 aromatic carbocycles. The van der Waals surface area contributed by atoms with Crippen molar-refractivity contribution in [3.05, 3.63) is 52.9 Å². The van der Waals surface area contributed by atoms with Crippen LogP contribution in [0.2, 0.25) is 0 Å². The van der Waals surface area contributed by atoms with Crippen LogP contribution in [-0.4, -0.2) is 35.0 Å². The summed E-state index contributed by atoms with van der Waals surface area (Å²) in [7, 11) is 0. The highest BCUT2D eigenvalue weighted by atomic mass is 127. The average molecular weight is 553 g/mol. The fourth-order valence-corrected chi connectivity index (χ4v) is 3.84. The van der Waals surface area contributed by atoms with E-state index in [0.717, 1.165) is 60.9 Å². The Morgan fingerprint density at radius 3 is 2.50 bits per heavy atom. The molecule has 0 radical (unpaired) electrons. The molecule has 0 atom stereocenters. The number of carbonyl (C=O) groups is 1. The molecule has 1 aromatic heterocycles. The minimum Gasteiger partial charge on any atom is -0.359 e. The van der Waals surface area contributed by atoms with Crippen LogP contribution in [-0.2, 0) is 24.4 Å². The Bertz CT molecular complexity index is 862. The quantitative estimate of drug-likeness (QED) is 0.256. The standard InChI is InChI=1S/C24H35N5O2.HI/c1-4-20(5-2)22-14-21(31-28-22)16-27-24(25-6-3)26-15-18-9-11-19(12-10-18)17-29-13-7-8-23(29)30;/h9-12,14,20H,4-8,13,15-17H2,1-3H3,(H2,25,26,27);1H. The van der Waals surface area contributed by atoms with Crippen LogP contribution in [0.25, 0.3) is 0 Å². The predicted octanol–water partition coefficient (Wildman–Crippen LogP) is 4.57. The molecule has 1 fully saturated rings. The fraction of sp³-hybridized carbons (Fsp3) is 0.542. The zero-order valence-electron chi connectivity index (χ0n) is 19.4. The molecule has 0 bridgehead atoms. The summed E-state index contributed by atoms with van der Waals surface area (Å²) < 4.78 is 5.49. The Morgan fingerprint density at radius 1 is 1.16 bits per heavy atom. The molecular formula is C24H36IN5O2. The summed E-state index contributed by atoms with van der Waals surface area (Å²) in [6.45, 7) is 9.87. The van der Waals surface area contributed by atoms with Gasteiger partial charge in [-0.2, -0.15) is 0 Å². The van der Waals surface area contributed by atoms with E-state index in [4.69, 9.17) is 4.52 Å². The Balaban J connectivity index is 0.00000363. The molecule has 1 saturated heterocycles. The number of amides is 1. The van der Waals surface area contributed by atoms with E-state index < -0.39 is 0 Å². The molecule has 2 heterocycles. The van der Waals surface area contributed by atoms with Gasteiger partial charge in [0.1, 0.15) is 0 Å². The Labute approximate surface area is 208 Å². The number of rotatable bonds is 10. The molecule has 32 heavy (non-hydrogen) atoms. The van der Waals surface area contributed by atoms with Crippen molar-refractivity contribution in [2.45, 2.75) is 72.0 Å². The largest absolute Gasteiger partial charge is 0.359 e. The van der Waals surface area contributed by atoms with Crippen LogP contribution in [0, 0.1) is 0 Å². The second-order valence-corrected chi connectivity index (χ2v) is 8.02. The number of carbonyl (C=O) groups excluding carboxylic acids is 1. The molecule has 0 spiro atoms. The molecule has 1 amide bonds. The van der Waals surface area contributed by atoms with E-state index >= 15 is 0 Å². The number of halogens is 1. The number of benzene rings is 1. The molecule has 8 heteroatoms. The smallest absolute Gasteiger partial charge is 0.222 e. The van der Waals surface area contributed by atoms with Gasteiger partial charge >= 0.3 is 0 Å². The van der Waals surface area contributed by atoms with Crippen LogP contribution >= 0.6 is 24.0 Å². The molecule has 2 aromatic rings. The van der Waals surface area contributed by atoms with Gasteiger partial charge in [0.2, 0.25) is 5.91 Å². The van der Waals surface area contributed by atoms with E-state index in [1.807, 2.05) is 17.9 Å². The van der Waals surface area contributed by atoms with Crippen LogP contribution in [0.3, 0.4) is 0 Å². The van der Waals surface area contributed by atoms with E-state index in [1.165, 1.54) is 0 Å². The van der Waals surface area contributed by atoms with Crippen molar-refractivity contribution >= 4 is 35.8 Å². The lowest BCUT2D eigenvalue weighted by atomic mass is 9.99. The van der Waals surface area contributed by atoms with Gasteiger partial charge in [0.05, 0.1) is 18.8 Å². The van der Waals surface area contributed by atoms with Gasteiger partial charge in [-0.3, -0.25) is 4.79 Å². The number of nitrogens with one attached hydrogen (secondary N) is 2. The van der Waals surface area contributed by atoms with E-state index in [9.17, 15) is 4.79 Å². The van der Waals surface area contributed by atoms with E-state index in [1.54, 1.807) is 0 Å². The maximum Gasteiger partial charge on any atom is 0.222 e. The molecule has 0 saturated carbocycles. The lowest BCUT2D eigenvalue weighted by Crippen LogP contribution is -2.36. The highest BCUT2D eigenvalue weighted by Crippen LogP contribution is 2.22. The van der Waals surface area contributed by atoms with Gasteiger partial charge < -0.3 is 20.1 Å². The molecule has 2 N–H and O–H groups in total. The fourth-order valence-electron chi connectivity index (χ4n) is 3.84. The van der Waals surface area contributed by atoms with Gasteiger partial charge in [-0.05, 0) is 37.3 Å². The molecular weight excluding hydrogens is 517 g/mol. The molecule has 0 unspecified atom stereocenters. The van der Waals surface area contributed by atoms with Crippen molar-refractivity contribution in [1.82, 2.24) is 20.7 Å². The second-order valence-electron chi connectivity index (χ2n) is 8.02. The summed E-state index contributed by atoms with van der Waals surface area (Å²) >= 11 is 0. The molecule has 0 aliphatic carbocycles. The predicted molar refractivity (Wildman–Crippen MR) is 138 cm³/mol. The Kier molecular flexibility index (Phi) is 11.0. The monoisotopic (exact) mass is 553 g/mol. The number of guanidine groups is 1. The minimum absolute atomic E-state index is 0. The van der Waals surface area contributed by atoms with Crippen molar-refractivity contribution in [1.29, 1.82) is 0 Å². The first-order valence-electron chi connectivity index (χ1n) is 11.5. The van der Waals surface area contributed by atoms with Gasteiger partial charge in [-0.1, -0.05) is 43.3 Å². The first-order valence-corrected chi connectivity index (χ1v) is 11.5. The highest BCUT2D eigenvalue weighted by molar-refractivity contribution is 14.0. The number of aliphatic imine (C=N–C) groups is 1. The van der Waals surface area contributed by atoms with Crippen molar-refractivity contribution < 1.29 is 9.32 Å². The summed E-state index contributed by atoms with van der Waals surface area (Å²) in [5, 5.41) is 10.8. The third-order valence-corrected chi connectivity index (χ3v) is 5.74. The number of hydrogen-bond acceptors (Lipinski definition) is 4. The highest BCUT2D eigenvalue weighted by Gasteiger charge is 2.19. The van der Waals surface area contributed by atoms with Crippen LogP contribution in [0.4, 0.5) is 0 Å². The lowest BCUT2D eigenvalue weighted by Gasteiger charge is -2.15. The summed E-state index contributed by atoms with van der Waals surface area (Å²) in [4.78, 5) is 18.4. The van der Waals surface area contributed by atoms with Gasteiger partial charge in [0, 0.05) is 38.0 Å². The molecule has 176 valence electrons. The maximum atomic E-state index is 11.8. The summed E-state index contributed by atoms with van der Waals surface area (Å²) in [5.41, 5.74) is 3.32. The first kappa shape index (κ1) is 26.2. The third-order valence-electron chi connectivity index (χ3n) is 5.74. The van der Waals surface area contributed by atoms with E-state index in [0.29, 0.717) is 32.0 Å². The van der Waals surface area contributed by atoms with Crippen molar-refractivity contribution in [2.24, 2.45) is 4.99 Å². The number of aromatic nitrogens is 1. The lowest BCUT2D eigenvalue weighted by molar-refractivity contribution is -0.128. The topological polar surface area (TPSA) is 82.8 Å². The molecule has 1 aliphatic rings. The zero-order valence-corrected chi connectivity index (χ0v) is 21.7. The third kappa shape index (κ3) is 7.50. The van der Waals surface area contributed by atoms with E-state index in [2.05, 4.69) is 58.9 Å². The van der Waals surface area contributed by atoms with Gasteiger partial charge in [-0.15, -0.1) is 24.0 Å².